The van der Waals surface area contributed by atoms with Crippen LogP contribution in [0.15, 0.2) is 18.2 Å². The van der Waals surface area contributed by atoms with E-state index in [0.717, 1.165) is 6.07 Å². The van der Waals surface area contributed by atoms with Crippen LogP contribution in [0.25, 0.3) is 0 Å². The molecular formula is C10H11F4N3O. The molecule has 0 fully saturated rings. The van der Waals surface area contributed by atoms with Crippen molar-refractivity contribution in [3.63, 3.8) is 0 Å². The van der Waals surface area contributed by atoms with Gasteiger partial charge in [0.1, 0.15) is 12.4 Å². The summed E-state index contributed by atoms with van der Waals surface area (Å²) in [5.74, 6) is -0.764. The maximum atomic E-state index is 13.4. The Morgan fingerprint density at radius 2 is 2.00 bits per heavy atom. The van der Waals surface area contributed by atoms with Crippen LogP contribution in [-0.4, -0.2) is 18.8 Å². The van der Waals surface area contributed by atoms with Crippen LogP contribution >= 0.6 is 0 Å². The van der Waals surface area contributed by atoms with E-state index in [2.05, 4.69) is 0 Å². The van der Waals surface area contributed by atoms with E-state index in [4.69, 9.17) is 5.73 Å². The number of benzene rings is 1. The van der Waals surface area contributed by atoms with Gasteiger partial charge in [0, 0.05) is 6.54 Å². The third-order valence-electron chi connectivity index (χ3n) is 1.97. The van der Waals surface area contributed by atoms with Gasteiger partial charge in [-0.15, -0.1) is 0 Å². The summed E-state index contributed by atoms with van der Waals surface area (Å²) in [5.41, 5.74) is 5.57. The predicted molar refractivity (Wildman–Crippen MR) is 57.4 cm³/mol. The zero-order valence-electron chi connectivity index (χ0n) is 9.14. The average molecular weight is 265 g/mol. The number of halogens is 4. The van der Waals surface area contributed by atoms with Crippen molar-refractivity contribution in [3.05, 3.63) is 29.6 Å². The molecule has 8 heteroatoms. The molecular weight excluding hydrogens is 254 g/mol. The third kappa shape index (κ3) is 4.58. The van der Waals surface area contributed by atoms with Crippen molar-refractivity contribution in [2.24, 2.45) is 5.73 Å². The van der Waals surface area contributed by atoms with Gasteiger partial charge in [-0.25, -0.2) is 9.18 Å². The van der Waals surface area contributed by atoms with Gasteiger partial charge in [0.15, 0.2) is 0 Å². The lowest BCUT2D eigenvalue weighted by molar-refractivity contribution is -0.122. The number of anilines is 1. The molecule has 0 unspecified atom stereocenters. The maximum absolute atomic E-state index is 13.4. The van der Waals surface area contributed by atoms with E-state index < -0.39 is 24.6 Å². The summed E-state index contributed by atoms with van der Waals surface area (Å²) in [6.45, 7) is -1.36. The van der Waals surface area contributed by atoms with Gasteiger partial charge >= 0.3 is 12.2 Å². The molecule has 0 saturated heterocycles. The highest BCUT2D eigenvalue weighted by molar-refractivity contribution is 5.89. The van der Waals surface area contributed by atoms with E-state index in [1.807, 2.05) is 5.32 Å². The van der Waals surface area contributed by atoms with Gasteiger partial charge in [-0.3, -0.25) is 0 Å². The smallest absolute Gasteiger partial charge is 0.329 e. The summed E-state index contributed by atoms with van der Waals surface area (Å²) < 4.78 is 48.8. The van der Waals surface area contributed by atoms with Crippen molar-refractivity contribution in [1.82, 2.24) is 5.32 Å². The zero-order valence-corrected chi connectivity index (χ0v) is 9.14. The fraction of sp³-hybridized carbons (Fsp3) is 0.300. The average Bonchev–Trinajstić information content (AvgIpc) is 2.28. The molecule has 0 radical (unpaired) electrons. The van der Waals surface area contributed by atoms with Gasteiger partial charge in [-0.05, 0) is 17.7 Å². The molecule has 0 aliphatic heterocycles. The molecule has 1 aromatic carbocycles. The van der Waals surface area contributed by atoms with Crippen LogP contribution in [-0.2, 0) is 6.54 Å². The van der Waals surface area contributed by atoms with E-state index >= 15 is 0 Å². The molecule has 2 amide bonds. The highest BCUT2D eigenvalue weighted by Gasteiger charge is 2.27. The summed E-state index contributed by atoms with van der Waals surface area (Å²) in [4.78, 5) is 11.1. The van der Waals surface area contributed by atoms with Gasteiger partial charge in [0.25, 0.3) is 0 Å². The fourth-order valence-corrected chi connectivity index (χ4v) is 1.13. The molecule has 100 valence electrons. The second kappa shape index (κ2) is 5.67. The van der Waals surface area contributed by atoms with Gasteiger partial charge in [0.05, 0.1) is 5.69 Å². The molecule has 1 rings (SSSR count). The number of urea groups is 1. The van der Waals surface area contributed by atoms with Gasteiger partial charge in [0.2, 0.25) is 0 Å². The van der Waals surface area contributed by atoms with E-state index in [9.17, 15) is 22.4 Å². The number of nitrogens with two attached hydrogens (primary N) is 1. The Morgan fingerprint density at radius 1 is 1.33 bits per heavy atom. The molecule has 0 saturated carbocycles. The first-order chi connectivity index (χ1) is 8.31. The quantitative estimate of drug-likeness (QED) is 0.731. The summed E-state index contributed by atoms with van der Waals surface area (Å²) >= 11 is 0. The SMILES string of the molecule is NCc1ccc(NC(=O)NCC(F)(F)F)c(F)c1. The van der Waals surface area contributed by atoms with Gasteiger partial charge in [-0.1, -0.05) is 6.07 Å². The number of amides is 2. The summed E-state index contributed by atoms with van der Waals surface area (Å²) in [5, 5.41) is 3.53. The van der Waals surface area contributed by atoms with E-state index in [1.54, 1.807) is 5.32 Å². The molecule has 1 aromatic rings. The van der Waals surface area contributed by atoms with Gasteiger partial charge in [-0.2, -0.15) is 13.2 Å². The summed E-state index contributed by atoms with van der Waals surface area (Å²) in [6.07, 6.45) is -4.51. The lowest BCUT2D eigenvalue weighted by atomic mass is 10.2. The van der Waals surface area contributed by atoms with Crippen molar-refractivity contribution in [3.8, 4) is 0 Å². The Hall–Kier alpha value is -1.83. The molecule has 4 N–H and O–H groups in total. The van der Waals surface area contributed by atoms with E-state index in [0.29, 0.717) is 5.56 Å². The number of rotatable bonds is 3. The van der Waals surface area contributed by atoms with Crippen LogP contribution in [0.2, 0.25) is 0 Å². The molecule has 0 aliphatic rings. The second-order valence-corrected chi connectivity index (χ2v) is 3.44. The Labute approximate surface area is 100 Å². The normalized spacial score (nSPS) is 11.2. The molecule has 18 heavy (non-hydrogen) atoms. The molecule has 0 atom stereocenters. The minimum atomic E-state index is -4.51. The maximum Gasteiger partial charge on any atom is 0.405 e. The number of alkyl halides is 3. The first-order valence-electron chi connectivity index (χ1n) is 4.92. The third-order valence-corrected chi connectivity index (χ3v) is 1.97. The van der Waals surface area contributed by atoms with Crippen molar-refractivity contribution in [2.45, 2.75) is 12.7 Å². The highest BCUT2D eigenvalue weighted by atomic mass is 19.4. The minimum absolute atomic E-state index is 0.122. The Balaban J connectivity index is 2.59. The number of hydrogen-bond donors (Lipinski definition) is 3. The van der Waals surface area contributed by atoms with Crippen LogP contribution in [0, 0.1) is 5.82 Å². The fourth-order valence-electron chi connectivity index (χ4n) is 1.13. The minimum Gasteiger partial charge on any atom is -0.329 e. The predicted octanol–water partition coefficient (Wildman–Crippen LogP) is 1.97. The van der Waals surface area contributed by atoms with Crippen molar-refractivity contribution in [2.75, 3.05) is 11.9 Å². The zero-order chi connectivity index (χ0) is 13.8. The van der Waals surface area contributed by atoms with Crippen LogP contribution in [0.3, 0.4) is 0 Å². The van der Waals surface area contributed by atoms with Crippen LogP contribution < -0.4 is 16.4 Å². The summed E-state index contributed by atoms with van der Waals surface area (Å²) in [6, 6.07) is 2.65. The van der Waals surface area contributed by atoms with Gasteiger partial charge < -0.3 is 16.4 Å². The highest BCUT2D eigenvalue weighted by Crippen LogP contribution is 2.16. The Kier molecular flexibility index (Phi) is 4.49. The molecule has 0 bridgehead atoms. The molecule has 0 aromatic heterocycles. The van der Waals surface area contributed by atoms with Crippen LogP contribution in [0.1, 0.15) is 5.56 Å². The van der Waals surface area contributed by atoms with E-state index in [1.165, 1.54) is 12.1 Å². The lowest BCUT2D eigenvalue weighted by Crippen LogP contribution is -2.36. The number of nitrogens with one attached hydrogen (secondary N) is 2. The van der Waals surface area contributed by atoms with Crippen molar-refractivity contribution >= 4 is 11.7 Å². The Morgan fingerprint density at radius 3 is 2.50 bits per heavy atom. The largest absolute Gasteiger partial charge is 0.405 e. The molecule has 0 spiro atoms. The number of carbonyl (C=O) groups excluding carboxylic acids is 1. The first-order valence-corrected chi connectivity index (χ1v) is 4.92. The molecule has 0 heterocycles. The van der Waals surface area contributed by atoms with E-state index in [-0.39, 0.29) is 12.2 Å². The monoisotopic (exact) mass is 265 g/mol. The van der Waals surface area contributed by atoms with Crippen LogP contribution in [0.5, 0.6) is 0 Å². The van der Waals surface area contributed by atoms with Crippen LogP contribution in [0.4, 0.5) is 28.0 Å². The summed E-state index contributed by atoms with van der Waals surface area (Å²) in [7, 11) is 0. The topological polar surface area (TPSA) is 67.1 Å². The lowest BCUT2D eigenvalue weighted by Gasteiger charge is -2.10. The molecule has 0 aliphatic carbocycles. The molecule has 4 nitrogen and oxygen atoms in total. The second-order valence-electron chi connectivity index (χ2n) is 3.44. The Bertz CT molecular complexity index is 434. The first kappa shape index (κ1) is 14.2. The number of carbonyl (C=O) groups is 1. The standard InChI is InChI=1S/C10H11F4N3O/c11-7-3-6(4-15)1-2-8(7)17-9(18)16-5-10(12,13)14/h1-3H,4-5,15H2,(H2,16,17,18). The van der Waals surface area contributed by atoms with Crippen molar-refractivity contribution in [1.29, 1.82) is 0 Å². The van der Waals surface area contributed by atoms with Crippen molar-refractivity contribution < 1.29 is 22.4 Å². The number of hydrogen-bond acceptors (Lipinski definition) is 2.